The van der Waals surface area contributed by atoms with Gasteiger partial charge in [0.05, 0.1) is 0 Å². The molecule has 0 bridgehead atoms. The van der Waals surface area contributed by atoms with Crippen LogP contribution in [0.5, 0.6) is 0 Å². The number of carbonyl (C=O) groups is 2. The van der Waals surface area contributed by atoms with Crippen molar-refractivity contribution in [2.75, 3.05) is 6.38 Å². The number of hydrogen-bond acceptors (Lipinski definition) is 6. The van der Waals surface area contributed by atoms with Crippen LogP contribution < -0.4 is 0 Å². The summed E-state index contributed by atoms with van der Waals surface area (Å²) in [6.45, 7) is 0. The number of rotatable bonds is 2. The molecule has 0 amide bonds. The van der Waals surface area contributed by atoms with E-state index in [0.29, 0.717) is 12.6 Å². The molecule has 2 aromatic rings. The van der Waals surface area contributed by atoms with E-state index in [1.807, 2.05) is 0 Å². The summed E-state index contributed by atoms with van der Waals surface area (Å²) in [4.78, 5) is 26.7. The van der Waals surface area contributed by atoms with Crippen molar-refractivity contribution >= 4 is 24.2 Å². The summed E-state index contributed by atoms with van der Waals surface area (Å²) in [5, 5.41) is 9.45. The Kier molecular flexibility index (Phi) is 8.03. The van der Waals surface area contributed by atoms with Crippen LogP contribution in [0.3, 0.4) is 0 Å². The molecule has 1 N–H and O–H groups in total. The van der Waals surface area contributed by atoms with Crippen molar-refractivity contribution in [1.29, 1.82) is 0 Å². The monoisotopic (exact) mass is 258 g/mol. The van der Waals surface area contributed by atoms with Gasteiger partial charge < -0.3 is 0 Å². The molecule has 2 aromatic heterocycles. The minimum absolute atomic E-state index is 0.229. The first-order chi connectivity index (χ1) is 8.26. The number of alkyl halides is 1. The van der Waals surface area contributed by atoms with Gasteiger partial charge in [0.2, 0.25) is 5.82 Å². The molecule has 2 rings (SSSR count). The Bertz CT molecular complexity index is 427. The van der Waals surface area contributed by atoms with Gasteiger partial charge in [-0.15, -0.1) is 16.7 Å². The highest BCUT2D eigenvalue weighted by Gasteiger charge is 1.90. The number of hydrogen-bond donors (Lipinski definition) is 1. The van der Waals surface area contributed by atoms with Gasteiger partial charge in [-0.05, 0) is 0 Å². The van der Waals surface area contributed by atoms with E-state index < -0.39 is 0 Å². The van der Waals surface area contributed by atoms with Crippen LogP contribution in [0.2, 0.25) is 0 Å². The van der Waals surface area contributed by atoms with Crippen molar-refractivity contribution in [3.63, 3.8) is 0 Å². The SMILES string of the molecule is CCl.Cn1cnc(C=O)n1.O=Cc1ncn[nH]1. The molecule has 0 radical (unpaired) electrons. The summed E-state index contributed by atoms with van der Waals surface area (Å²) in [7, 11) is 1.71. The molecule has 0 aliphatic heterocycles. The van der Waals surface area contributed by atoms with E-state index in [0.717, 1.165) is 0 Å². The Hall–Kier alpha value is -2.09. The molecule has 0 aromatic carbocycles. The largest absolute Gasteiger partial charge is 0.294 e. The smallest absolute Gasteiger partial charge is 0.213 e. The van der Waals surface area contributed by atoms with Crippen molar-refractivity contribution < 1.29 is 9.59 Å². The third kappa shape index (κ3) is 6.15. The first-order valence-corrected chi connectivity index (χ1v) is 5.01. The molecule has 2 heterocycles. The van der Waals surface area contributed by atoms with Crippen molar-refractivity contribution in [3.05, 3.63) is 24.3 Å². The number of carbonyl (C=O) groups excluding carboxylic acids is 2. The number of aromatic nitrogens is 6. The molecule has 0 fully saturated rings. The summed E-state index contributed by atoms with van der Waals surface area (Å²) in [6.07, 6.45) is 5.44. The maximum absolute atomic E-state index is 9.88. The molecule has 0 aliphatic rings. The molecule has 92 valence electrons. The average molecular weight is 259 g/mol. The molecule has 0 aliphatic carbocycles. The molecule has 8 nitrogen and oxygen atoms in total. The molecule has 9 heteroatoms. The van der Waals surface area contributed by atoms with Crippen LogP contribution in [0.25, 0.3) is 0 Å². The van der Waals surface area contributed by atoms with Gasteiger partial charge in [0.25, 0.3) is 0 Å². The Balaban J connectivity index is 0.000000265. The highest BCUT2D eigenvalue weighted by molar-refractivity contribution is 6.15. The van der Waals surface area contributed by atoms with Gasteiger partial charge in [0, 0.05) is 13.4 Å². The van der Waals surface area contributed by atoms with Gasteiger partial charge in [-0.1, -0.05) is 0 Å². The van der Waals surface area contributed by atoms with E-state index in [9.17, 15) is 9.59 Å². The first kappa shape index (κ1) is 14.9. The summed E-state index contributed by atoms with van der Waals surface area (Å²) < 4.78 is 1.48. The molecule has 0 saturated carbocycles. The van der Waals surface area contributed by atoms with Crippen LogP contribution in [0.4, 0.5) is 0 Å². The molecule has 0 atom stereocenters. The topological polar surface area (TPSA) is 106 Å². The Morgan fingerprint density at radius 3 is 2.24 bits per heavy atom. The number of aldehydes is 2. The van der Waals surface area contributed by atoms with E-state index in [2.05, 4.69) is 36.9 Å². The van der Waals surface area contributed by atoms with E-state index >= 15 is 0 Å². The fraction of sp³-hybridized carbons (Fsp3) is 0.250. The van der Waals surface area contributed by atoms with Crippen LogP contribution in [0, 0.1) is 0 Å². The maximum Gasteiger partial charge on any atom is 0.213 e. The van der Waals surface area contributed by atoms with Gasteiger partial charge in [-0.2, -0.15) is 5.10 Å². The summed E-state index contributed by atoms with van der Waals surface area (Å²) in [5.74, 6) is 0.493. The third-order valence-corrected chi connectivity index (χ3v) is 1.27. The molecule has 17 heavy (non-hydrogen) atoms. The van der Waals surface area contributed by atoms with Crippen molar-refractivity contribution in [2.45, 2.75) is 0 Å². The molecular weight excluding hydrogens is 248 g/mol. The zero-order valence-corrected chi connectivity index (χ0v) is 10.00. The van der Waals surface area contributed by atoms with E-state index in [4.69, 9.17) is 0 Å². The Labute approximate surface area is 102 Å². The van der Waals surface area contributed by atoms with Gasteiger partial charge in [-0.25, -0.2) is 9.97 Å². The Morgan fingerprint density at radius 2 is 2.00 bits per heavy atom. The van der Waals surface area contributed by atoms with Crippen LogP contribution in [0.15, 0.2) is 12.7 Å². The second kappa shape index (κ2) is 9.16. The van der Waals surface area contributed by atoms with Crippen LogP contribution in [0.1, 0.15) is 21.2 Å². The first-order valence-electron chi connectivity index (χ1n) is 4.25. The van der Waals surface area contributed by atoms with Crippen LogP contribution in [-0.2, 0) is 7.05 Å². The number of nitrogens with zero attached hydrogens (tertiary/aromatic N) is 5. The lowest BCUT2D eigenvalue weighted by molar-refractivity contribution is 0.110. The molecule has 0 saturated heterocycles. The second-order valence-corrected chi connectivity index (χ2v) is 2.38. The fourth-order valence-electron chi connectivity index (χ4n) is 0.682. The number of aromatic amines is 1. The number of halogens is 1. The zero-order valence-electron chi connectivity index (χ0n) is 9.24. The van der Waals surface area contributed by atoms with E-state index in [1.54, 1.807) is 7.05 Å². The molecule has 0 spiro atoms. The lowest BCUT2D eigenvalue weighted by Gasteiger charge is -1.76. The second-order valence-electron chi connectivity index (χ2n) is 2.38. The normalized spacial score (nSPS) is 8.18. The lowest BCUT2D eigenvalue weighted by Crippen LogP contribution is -1.88. The highest BCUT2D eigenvalue weighted by Crippen LogP contribution is 1.78. The Morgan fingerprint density at radius 1 is 1.29 bits per heavy atom. The van der Waals surface area contributed by atoms with E-state index in [-0.39, 0.29) is 11.6 Å². The molecular formula is C8H11ClN6O2. The summed E-state index contributed by atoms with van der Waals surface area (Å²) >= 11 is 4.64. The van der Waals surface area contributed by atoms with Gasteiger partial charge in [0.1, 0.15) is 12.7 Å². The van der Waals surface area contributed by atoms with Crippen LogP contribution in [-0.4, -0.2) is 48.9 Å². The molecule has 0 unspecified atom stereocenters. The summed E-state index contributed by atoms with van der Waals surface area (Å²) in [6, 6.07) is 0. The van der Waals surface area contributed by atoms with E-state index in [1.165, 1.54) is 23.7 Å². The number of H-pyrrole nitrogens is 1. The maximum atomic E-state index is 9.88. The zero-order chi connectivity index (χ0) is 13.1. The van der Waals surface area contributed by atoms with Gasteiger partial charge >= 0.3 is 0 Å². The van der Waals surface area contributed by atoms with Gasteiger partial charge in [0.15, 0.2) is 18.4 Å². The minimum atomic E-state index is 0.229. The fourth-order valence-corrected chi connectivity index (χ4v) is 0.682. The minimum Gasteiger partial charge on any atom is -0.294 e. The average Bonchev–Trinajstić information content (AvgIpc) is 3.03. The van der Waals surface area contributed by atoms with Gasteiger partial charge in [-0.3, -0.25) is 19.4 Å². The lowest BCUT2D eigenvalue weighted by atomic mass is 10.7. The highest BCUT2D eigenvalue weighted by atomic mass is 35.5. The van der Waals surface area contributed by atoms with Crippen LogP contribution >= 0.6 is 11.6 Å². The number of aryl methyl sites for hydroxylation is 1. The van der Waals surface area contributed by atoms with Crippen molar-refractivity contribution in [1.82, 2.24) is 29.9 Å². The van der Waals surface area contributed by atoms with Crippen molar-refractivity contribution in [3.8, 4) is 0 Å². The third-order valence-electron chi connectivity index (χ3n) is 1.27. The van der Waals surface area contributed by atoms with Crippen molar-refractivity contribution in [2.24, 2.45) is 7.05 Å². The predicted octanol–water partition coefficient (Wildman–Crippen LogP) is 0.0998. The predicted molar refractivity (Wildman–Crippen MR) is 59.9 cm³/mol. The summed E-state index contributed by atoms with van der Waals surface area (Å²) in [5.41, 5.74) is 0. The quantitative estimate of drug-likeness (QED) is 0.605. The standard InChI is InChI=1S/C4H5N3O.C3H3N3O.CH3Cl/c1-7-3-5-4(2-8)6-7;7-1-3-4-2-5-6-3;1-2/h2-3H,1H3;1-2H,(H,4,5,6);1H3. The number of nitrogens with one attached hydrogen (secondary N) is 1.